The number of alkyl halides is 3. The lowest BCUT2D eigenvalue weighted by Gasteiger charge is -2.08. The van der Waals surface area contributed by atoms with Gasteiger partial charge >= 0.3 is 6.18 Å². The first-order valence-electron chi connectivity index (χ1n) is 3.14. The molecule has 0 heterocycles. The summed E-state index contributed by atoms with van der Waals surface area (Å²) < 4.78 is 60.8. The summed E-state index contributed by atoms with van der Waals surface area (Å²) in [5.41, 5.74) is 2.55. The first-order valence-corrected chi connectivity index (χ1v) is 3.14. The van der Waals surface area contributed by atoms with E-state index in [0.29, 0.717) is 6.07 Å². The number of hydrogen-bond donors (Lipinski definition) is 1. The van der Waals surface area contributed by atoms with Crippen molar-refractivity contribution in [1.82, 2.24) is 0 Å². The van der Waals surface area contributed by atoms with E-state index in [2.05, 4.69) is 0 Å². The van der Waals surface area contributed by atoms with Crippen LogP contribution in [0.1, 0.15) is 5.56 Å². The molecule has 1 nitrogen and oxygen atoms in total. The fourth-order valence-corrected chi connectivity index (χ4v) is 0.779. The van der Waals surface area contributed by atoms with Gasteiger partial charge in [0.15, 0.2) is 0 Å². The molecule has 0 aliphatic carbocycles. The number of nitrogens with two attached hydrogens (primary N) is 1. The number of nitrogen functional groups attached to an aromatic ring is 1. The lowest BCUT2D eigenvalue weighted by molar-refractivity contribution is -0.140. The molecule has 0 saturated carbocycles. The van der Waals surface area contributed by atoms with Crippen LogP contribution in [-0.2, 0) is 6.18 Å². The van der Waals surface area contributed by atoms with Gasteiger partial charge in [-0.05, 0) is 6.07 Å². The van der Waals surface area contributed by atoms with E-state index in [9.17, 15) is 22.0 Å². The van der Waals surface area contributed by atoms with Gasteiger partial charge in [0, 0.05) is 6.07 Å². The highest BCUT2D eigenvalue weighted by molar-refractivity contribution is 5.85. The topological polar surface area (TPSA) is 26.0 Å². The maximum atomic E-state index is 12.6. The van der Waals surface area contributed by atoms with Gasteiger partial charge in [-0.2, -0.15) is 13.2 Å². The van der Waals surface area contributed by atoms with Gasteiger partial charge in [0.1, 0.15) is 11.6 Å². The van der Waals surface area contributed by atoms with Gasteiger partial charge in [-0.1, -0.05) is 0 Å². The lowest BCUT2D eigenvalue weighted by atomic mass is 10.2. The van der Waals surface area contributed by atoms with Crippen LogP contribution in [0.4, 0.5) is 27.6 Å². The second kappa shape index (κ2) is 4.00. The van der Waals surface area contributed by atoms with Crippen molar-refractivity contribution in [3.8, 4) is 0 Å². The summed E-state index contributed by atoms with van der Waals surface area (Å²) in [5, 5.41) is 0. The van der Waals surface area contributed by atoms with Crippen molar-refractivity contribution in [3.05, 3.63) is 29.3 Å². The van der Waals surface area contributed by atoms with E-state index in [1.54, 1.807) is 0 Å². The molecule has 1 aromatic rings. The maximum Gasteiger partial charge on any atom is 0.419 e. The molecule has 14 heavy (non-hydrogen) atoms. The zero-order valence-electron chi connectivity index (χ0n) is 6.53. The molecular formula is C7H5ClF5N. The molecule has 1 rings (SSSR count). The molecule has 0 amide bonds. The molecule has 0 aromatic heterocycles. The Labute approximate surface area is 82.1 Å². The quantitative estimate of drug-likeness (QED) is 0.541. The molecule has 0 atom stereocenters. The van der Waals surface area contributed by atoms with Crippen LogP contribution in [0.25, 0.3) is 0 Å². The van der Waals surface area contributed by atoms with Gasteiger partial charge in [-0.3, -0.25) is 0 Å². The average Bonchev–Trinajstić information content (AvgIpc) is 1.94. The van der Waals surface area contributed by atoms with Crippen molar-refractivity contribution in [2.24, 2.45) is 0 Å². The molecule has 0 aliphatic rings. The van der Waals surface area contributed by atoms with E-state index in [1.807, 2.05) is 0 Å². The minimum absolute atomic E-state index is 0. The molecule has 0 bridgehead atoms. The highest BCUT2D eigenvalue weighted by atomic mass is 35.5. The predicted octanol–water partition coefficient (Wildman–Crippen LogP) is 2.99. The first kappa shape index (κ1) is 13.0. The fourth-order valence-electron chi connectivity index (χ4n) is 0.779. The van der Waals surface area contributed by atoms with Crippen LogP contribution < -0.4 is 5.73 Å². The summed E-state index contributed by atoms with van der Waals surface area (Å²) in [7, 11) is 0. The molecule has 80 valence electrons. The molecule has 0 saturated heterocycles. The van der Waals surface area contributed by atoms with Gasteiger partial charge in [-0.15, -0.1) is 12.4 Å². The summed E-state index contributed by atoms with van der Waals surface area (Å²) >= 11 is 0. The third-order valence-electron chi connectivity index (χ3n) is 1.39. The van der Waals surface area contributed by atoms with Gasteiger partial charge in [0.05, 0.1) is 11.3 Å². The third kappa shape index (κ3) is 2.47. The molecule has 2 N–H and O–H groups in total. The molecule has 0 fully saturated rings. The Kier molecular flexibility index (Phi) is 3.70. The highest BCUT2D eigenvalue weighted by Gasteiger charge is 2.34. The molecule has 0 radical (unpaired) electrons. The zero-order chi connectivity index (χ0) is 10.2. The summed E-state index contributed by atoms with van der Waals surface area (Å²) in [4.78, 5) is 0. The Morgan fingerprint density at radius 3 is 1.93 bits per heavy atom. The molecule has 0 spiro atoms. The van der Waals surface area contributed by atoms with Gasteiger partial charge in [0.2, 0.25) is 0 Å². The summed E-state index contributed by atoms with van der Waals surface area (Å²) in [6, 6.07) is 0.336. The average molecular weight is 234 g/mol. The smallest absolute Gasteiger partial charge is 0.396 e. The SMILES string of the molecule is Cl.Nc1cc(F)c(C(F)(F)F)cc1F. The minimum Gasteiger partial charge on any atom is -0.396 e. The summed E-state index contributed by atoms with van der Waals surface area (Å²) in [6.07, 6.45) is -4.90. The van der Waals surface area contributed by atoms with E-state index in [0.717, 1.165) is 0 Å². The van der Waals surface area contributed by atoms with Gasteiger partial charge in [0.25, 0.3) is 0 Å². The van der Waals surface area contributed by atoms with Crippen molar-refractivity contribution in [2.45, 2.75) is 6.18 Å². The predicted molar refractivity (Wildman–Crippen MR) is 43.0 cm³/mol. The van der Waals surface area contributed by atoms with Crippen LogP contribution in [-0.4, -0.2) is 0 Å². The van der Waals surface area contributed by atoms with Crippen molar-refractivity contribution >= 4 is 18.1 Å². The number of anilines is 1. The Hall–Kier alpha value is -1.04. The van der Waals surface area contributed by atoms with Gasteiger partial charge in [-0.25, -0.2) is 8.78 Å². The van der Waals surface area contributed by atoms with Crippen LogP contribution in [0.3, 0.4) is 0 Å². The monoisotopic (exact) mass is 233 g/mol. The van der Waals surface area contributed by atoms with E-state index in [1.165, 1.54) is 0 Å². The van der Waals surface area contributed by atoms with Crippen LogP contribution in [0.2, 0.25) is 0 Å². The van der Waals surface area contributed by atoms with Gasteiger partial charge < -0.3 is 5.73 Å². The summed E-state index contributed by atoms with van der Waals surface area (Å²) in [6.45, 7) is 0. The first-order chi connectivity index (χ1) is 5.82. The van der Waals surface area contributed by atoms with Crippen LogP contribution in [0, 0.1) is 11.6 Å². The number of rotatable bonds is 0. The number of halogens is 6. The van der Waals surface area contributed by atoms with Crippen molar-refractivity contribution < 1.29 is 22.0 Å². The molecule has 1 aromatic carbocycles. The maximum absolute atomic E-state index is 12.6. The van der Waals surface area contributed by atoms with Crippen molar-refractivity contribution in [3.63, 3.8) is 0 Å². The Morgan fingerprint density at radius 1 is 1.00 bits per heavy atom. The Bertz CT molecular complexity index is 336. The molecule has 0 unspecified atom stereocenters. The van der Waals surface area contributed by atoms with Crippen LogP contribution in [0.15, 0.2) is 12.1 Å². The second-order valence-corrected chi connectivity index (χ2v) is 2.35. The largest absolute Gasteiger partial charge is 0.419 e. The standard InChI is InChI=1S/C7H4F5N.ClH/c8-4-2-6(13)5(9)1-3(4)7(10,11)12;/h1-2H,13H2;1H. The van der Waals surface area contributed by atoms with Crippen molar-refractivity contribution in [1.29, 1.82) is 0 Å². The normalized spacial score (nSPS) is 10.9. The highest BCUT2D eigenvalue weighted by Crippen LogP contribution is 2.32. The number of hydrogen-bond acceptors (Lipinski definition) is 1. The van der Waals surface area contributed by atoms with E-state index >= 15 is 0 Å². The Balaban J connectivity index is 0.00000169. The molecular weight excluding hydrogens is 229 g/mol. The van der Waals surface area contributed by atoms with Crippen molar-refractivity contribution in [2.75, 3.05) is 5.73 Å². The van der Waals surface area contributed by atoms with E-state index in [4.69, 9.17) is 5.73 Å². The summed E-state index contributed by atoms with van der Waals surface area (Å²) in [5.74, 6) is -2.86. The third-order valence-corrected chi connectivity index (χ3v) is 1.39. The van der Waals surface area contributed by atoms with E-state index in [-0.39, 0.29) is 18.5 Å². The molecule has 0 aliphatic heterocycles. The second-order valence-electron chi connectivity index (χ2n) is 2.35. The van der Waals surface area contributed by atoms with E-state index < -0.39 is 29.1 Å². The van der Waals surface area contributed by atoms with Crippen LogP contribution >= 0.6 is 12.4 Å². The zero-order valence-corrected chi connectivity index (χ0v) is 7.35. The van der Waals surface area contributed by atoms with Crippen LogP contribution in [0.5, 0.6) is 0 Å². The molecule has 7 heteroatoms. The lowest BCUT2D eigenvalue weighted by Crippen LogP contribution is -2.09. The fraction of sp³-hybridized carbons (Fsp3) is 0.143. The Morgan fingerprint density at radius 2 is 1.50 bits per heavy atom. The minimum atomic E-state index is -4.90. The number of benzene rings is 1.